The Morgan fingerprint density at radius 1 is 1.10 bits per heavy atom. The maximum atomic E-state index is 13.8. The molecule has 2 aromatic carbocycles. The molecule has 1 amide bonds. The maximum Gasteiger partial charge on any atom is 0.230 e. The molecule has 0 radical (unpaired) electrons. The molecule has 31 heavy (non-hydrogen) atoms. The maximum absolute atomic E-state index is 13.8. The zero-order valence-electron chi connectivity index (χ0n) is 17.0. The Labute approximate surface area is 179 Å². The van der Waals surface area contributed by atoms with Crippen molar-refractivity contribution in [1.82, 2.24) is 0 Å². The van der Waals surface area contributed by atoms with Crippen LogP contribution < -0.4 is 4.90 Å². The number of hydrogen-bond donors (Lipinski definition) is 0. The van der Waals surface area contributed by atoms with E-state index in [2.05, 4.69) is 10.0 Å². The summed E-state index contributed by atoms with van der Waals surface area (Å²) in [7, 11) is 0. The van der Waals surface area contributed by atoms with Crippen LogP contribution >= 0.6 is 0 Å². The molecule has 0 aromatic heterocycles. The molecule has 7 heteroatoms. The van der Waals surface area contributed by atoms with Gasteiger partial charge >= 0.3 is 0 Å². The van der Waals surface area contributed by atoms with Crippen molar-refractivity contribution < 1.29 is 14.4 Å². The van der Waals surface area contributed by atoms with Gasteiger partial charge in [-0.05, 0) is 41.6 Å². The molecule has 3 atom stereocenters. The van der Waals surface area contributed by atoms with E-state index in [1.807, 2.05) is 30.3 Å². The number of hydrogen-bond acceptors (Lipinski definition) is 4. The fourth-order valence-electron chi connectivity index (χ4n) is 5.09. The number of azide groups is 1. The molecule has 2 aromatic rings. The standard InChI is InChI=1S/C24H22N4O3/c25-27-26-13-14-6-9-20-19(10-14)23(30)22-18(15-4-2-1-3-5-15)11-17(29)12-21(22)28(20)24(31)16-7-8-16/h1-6,9-10,16,18,21-22H,7-8,11-13H2/t18-,21-,22+/m1/s1. The first kappa shape index (κ1) is 19.5. The first-order valence-corrected chi connectivity index (χ1v) is 10.7. The van der Waals surface area contributed by atoms with Gasteiger partial charge in [-0.25, -0.2) is 0 Å². The second kappa shape index (κ2) is 7.67. The second-order valence-corrected chi connectivity index (χ2v) is 8.64. The summed E-state index contributed by atoms with van der Waals surface area (Å²) in [6.07, 6.45) is 2.20. The number of fused-ring (bicyclic) bond motifs is 2. The van der Waals surface area contributed by atoms with Crippen molar-refractivity contribution >= 4 is 23.2 Å². The summed E-state index contributed by atoms with van der Waals surface area (Å²) in [4.78, 5) is 44.4. The minimum absolute atomic E-state index is 0.00746. The lowest BCUT2D eigenvalue weighted by molar-refractivity contribution is -0.123. The number of amides is 1. The van der Waals surface area contributed by atoms with E-state index in [1.54, 1.807) is 23.1 Å². The lowest BCUT2D eigenvalue weighted by Crippen LogP contribution is -2.56. The molecule has 1 heterocycles. The molecule has 2 saturated carbocycles. The SMILES string of the molecule is [N-]=[N+]=NCc1ccc2c(c1)C(=O)[C@H]1[C@@H](c3ccccc3)CC(=O)C[C@H]1N2C(=O)C1CC1. The molecule has 5 rings (SSSR count). The summed E-state index contributed by atoms with van der Waals surface area (Å²) >= 11 is 0. The Bertz CT molecular complexity index is 1120. The first-order chi connectivity index (χ1) is 15.1. The Balaban J connectivity index is 1.65. The van der Waals surface area contributed by atoms with Gasteiger partial charge in [-0.3, -0.25) is 14.4 Å². The molecular formula is C24H22N4O3. The number of anilines is 1. The predicted molar refractivity (Wildman–Crippen MR) is 115 cm³/mol. The summed E-state index contributed by atoms with van der Waals surface area (Å²) in [5.74, 6) is -0.706. The van der Waals surface area contributed by atoms with E-state index in [0.717, 1.165) is 24.0 Å². The minimum Gasteiger partial charge on any atom is -0.307 e. The zero-order valence-corrected chi connectivity index (χ0v) is 17.0. The van der Waals surface area contributed by atoms with E-state index in [0.29, 0.717) is 17.7 Å². The lowest BCUT2D eigenvalue weighted by atomic mass is 9.66. The normalized spacial score (nSPS) is 24.8. The highest BCUT2D eigenvalue weighted by Gasteiger charge is 2.52. The number of Topliss-reactive ketones (excluding diaryl/α,β-unsaturated/α-hetero) is 2. The summed E-state index contributed by atoms with van der Waals surface area (Å²) in [5, 5.41) is 3.61. The first-order valence-electron chi connectivity index (χ1n) is 10.7. The van der Waals surface area contributed by atoms with Crippen LogP contribution in [0.3, 0.4) is 0 Å². The summed E-state index contributed by atoms with van der Waals surface area (Å²) in [6.45, 7) is 0.141. The molecule has 1 aliphatic heterocycles. The quantitative estimate of drug-likeness (QED) is 0.416. The van der Waals surface area contributed by atoms with Gasteiger partial charge in [0.1, 0.15) is 5.78 Å². The van der Waals surface area contributed by atoms with Gasteiger partial charge in [-0.1, -0.05) is 41.5 Å². The summed E-state index contributed by atoms with van der Waals surface area (Å²) in [6, 6.07) is 14.5. The molecule has 0 unspecified atom stereocenters. The second-order valence-electron chi connectivity index (χ2n) is 8.64. The van der Waals surface area contributed by atoms with Gasteiger partial charge < -0.3 is 4.90 Å². The van der Waals surface area contributed by atoms with Crippen LogP contribution in [0.25, 0.3) is 10.4 Å². The van der Waals surface area contributed by atoms with E-state index in [9.17, 15) is 14.4 Å². The van der Waals surface area contributed by atoms with Crippen molar-refractivity contribution in [3.05, 3.63) is 75.7 Å². The summed E-state index contributed by atoms with van der Waals surface area (Å²) in [5.41, 5.74) is 11.4. The molecule has 3 aliphatic rings. The zero-order chi connectivity index (χ0) is 21.5. The van der Waals surface area contributed by atoms with Crippen molar-refractivity contribution in [3.8, 4) is 0 Å². The topological polar surface area (TPSA) is 103 Å². The van der Waals surface area contributed by atoms with Crippen LogP contribution in [-0.4, -0.2) is 23.5 Å². The van der Waals surface area contributed by atoms with Gasteiger partial charge in [-0.2, -0.15) is 0 Å². The highest BCUT2D eigenvalue weighted by molar-refractivity contribution is 6.13. The van der Waals surface area contributed by atoms with Crippen molar-refractivity contribution in [2.75, 3.05) is 4.90 Å². The smallest absolute Gasteiger partial charge is 0.230 e. The van der Waals surface area contributed by atoms with Crippen molar-refractivity contribution in [2.24, 2.45) is 17.0 Å². The Kier molecular flexibility index (Phi) is 4.83. The van der Waals surface area contributed by atoms with Crippen LogP contribution in [0.15, 0.2) is 53.6 Å². The minimum atomic E-state index is -0.468. The number of ketones is 2. The van der Waals surface area contributed by atoms with E-state index in [4.69, 9.17) is 5.53 Å². The number of rotatable bonds is 4. The monoisotopic (exact) mass is 414 g/mol. The van der Waals surface area contributed by atoms with Crippen LogP contribution in [0.4, 0.5) is 5.69 Å². The number of carbonyl (C=O) groups excluding carboxylic acids is 3. The van der Waals surface area contributed by atoms with Crippen LogP contribution in [0.2, 0.25) is 0 Å². The molecule has 0 spiro atoms. The lowest BCUT2D eigenvalue weighted by Gasteiger charge is -2.47. The molecule has 156 valence electrons. The number of carbonyl (C=O) groups is 3. The molecule has 0 N–H and O–H groups in total. The molecular weight excluding hydrogens is 392 g/mol. The van der Waals surface area contributed by atoms with Gasteiger partial charge in [0.25, 0.3) is 0 Å². The summed E-state index contributed by atoms with van der Waals surface area (Å²) < 4.78 is 0. The Morgan fingerprint density at radius 3 is 2.58 bits per heavy atom. The van der Waals surface area contributed by atoms with E-state index < -0.39 is 12.0 Å². The molecule has 2 fully saturated rings. The van der Waals surface area contributed by atoms with E-state index in [-0.39, 0.29) is 42.3 Å². The molecule has 2 aliphatic carbocycles. The van der Waals surface area contributed by atoms with Gasteiger partial charge in [0.15, 0.2) is 5.78 Å². The van der Waals surface area contributed by atoms with Gasteiger partial charge in [-0.15, -0.1) is 0 Å². The number of nitrogens with zero attached hydrogens (tertiary/aromatic N) is 4. The Hall–Kier alpha value is -3.44. The highest BCUT2D eigenvalue weighted by atomic mass is 16.2. The van der Waals surface area contributed by atoms with Crippen molar-refractivity contribution in [3.63, 3.8) is 0 Å². The van der Waals surface area contributed by atoms with Crippen LogP contribution in [-0.2, 0) is 16.1 Å². The van der Waals surface area contributed by atoms with Crippen molar-refractivity contribution in [1.29, 1.82) is 0 Å². The van der Waals surface area contributed by atoms with Crippen LogP contribution in [0, 0.1) is 11.8 Å². The Morgan fingerprint density at radius 2 is 1.87 bits per heavy atom. The van der Waals surface area contributed by atoms with Crippen LogP contribution in [0.5, 0.6) is 0 Å². The third kappa shape index (κ3) is 3.41. The van der Waals surface area contributed by atoms with E-state index in [1.165, 1.54) is 0 Å². The molecule has 7 nitrogen and oxygen atoms in total. The molecule has 0 saturated heterocycles. The third-order valence-corrected chi connectivity index (χ3v) is 6.66. The molecule has 0 bridgehead atoms. The van der Waals surface area contributed by atoms with Gasteiger partial charge in [0, 0.05) is 35.2 Å². The average Bonchev–Trinajstić information content (AvgIpc) is 3.63. The number of benzene rings is 2. The third-order valence-electron chi connectivity index (χ3n) is 6.66. The highest BCUT2D eigenvalue weighted by Crippen LogP contribution is 2.48. The van der Waals surface area contributed by atoms with E-state index >= 15 is 0 Å². The predicted octanol–water partition coefficient (Wildman–Crippen LogP) is 4.57. The fourth-order valence-corrected chi connectivity index (χ4v) is 5.09. The largest absolute Gasteiger partial charge is 0.307 e. The average molecular weight is 414 g/mol. The van der Waals surface area contributed by atoms with Crippen LogP contribution in [0.1, 0.15) is 53.1 Å². The fraction of sp³-hybridized carbons (Fsp3) is 0.375. The van der Waals surface area contributed by atoms with Crippen molar-refractivity contribution in [2.45, 2.75) is 44.2 Å². The van der Waals surface area contributed by atoms with Gasteiger partial charge in [0.2, 0.25) is 5.91 Å². The van der Waals surface area contributed by atoms with Gasteiger partial charge in [0.05, 0.1) is 24.2 Å².